The maximum absolute atomic E-state index is 13.9. The van der Waals surface area contributed by atoms with Crippen molar-refractivity contribution in [2.24, 2.45) is 0 Å². The second kappa shape index (κ2) is 7.19. The van der Waals surface area contributed by atoms with E-state index in [1.165, 1.54) is 25.3 Å². The van der Waals surface area contributed by atoms with Crippen molar-refractivity contribution in [3.63, 3.8) is 0 Å². The van der Waals surface area contributed by atoms with Crippen molar-refractivity contribution in [3.8, 4) is 5.75 Å². The second-order valence-corrected chi connectivity index (χ2v) is 7.76. The summed E-state index contributed by atoms with van der Waals surface area (Å²) in [6.45, 7) is 0.375. The molecule has 2 aliphatic rings. The number of amides is 2. The van der Waals surface area contributed by atoms with Crippen LogP contribution in [-0.2, 0) is 10.2 Å². The van der Waals surface area contributed by atoms with Crippen LogP contribution in [0.3, 0.4) is 0 Å². The fraction of sp³-hybridized carbons (Fsp3) is 0.208. The van der Waals surface area contributed by atoms with Crippen molar-refractivity contribution >= 4 is 17.5 Å². The van der Waals surface area contributed by atoms with E-state index in [1.54, 1.807) is 23.4 Å². The molecule has 7 heteroatoms. The standard InChI is InChI=1S/C24H20FN3O3/c1-31-20-13-15(8-9-18(20)25)22(29)28-12-10-24(21(28)16-5-4-11-26-14-16)17-6-2-3-7-19(17)27-23(24)30/h2-9,11,13-14,21H,10,12H2,1H3,(H,27,30). The molecule has 2 aromatic carbocycles. The molecule has 2 unspecified atom stereocenters. The molecular weight excluding hydrogens is 397 g/mol. The van der Waals surface area contributed by atoms with Crippen LogP contribution < -0.4 is 10.1 Å². The normalized spacial score (nSPS) is 21.8. The molecule has 1 fully saturated rings. The largest absolute Gasteiger partial charge is 0.494 e. The van der Waals surface area contributed by atoms with Crippen LogP contribution in [0.15, 0.2) is 67.0 Å². The minimum Gasteiger partial charge on any atom is -0.494 e. The number of hydrogen-bond donors (Lipinski definition) is 1. The molecule has 1 spiro atoms. The molecule has 31 heavy (non-hydrogen) atoms. The van der Waals surface area contributed by atoms with Crippen LogP contribution in [0, 0.1) is 5.82 Å². The number of anilines is 1. The van der Waals surface area contributed by atoms with Crippen LogP contribution in [0.4, 0.5) is 10.1 Å². The Morgan fingerprint density at radius 1 is 1.23 bits per heavy atom. The van der Waals surface area contributed by atoms with E-state index in [0.29, 0.717) is 18.5 Å². The summed E-state index contributed by atoms with van der Waals surface area (Å²) in [7, 11) is 1.36. The van der Waals surface area contributed by atoms with E-state index in [-0.39, 0.29) is 17.6 Å². The predicted molar refractivity (Wildman–Crippen MR) is 112 cm³/mol. The maximum atomic E-state index is 13.9. The number of nitrogens with one attached hydrogen (secondary N) is 1. The van der Waals surface area contributed by atoms with Crippen molar-refractivity contribution in [3.05, 3.63) is 89.5 Å². The van der Waals surface area contributed by atoms with Gasteiger partial charge in [0.05, 0.1) is 13.2 Å². The summed E-state index contributed by atoms with van der Waals surface area (Å²) in [5.41, 5.74) is 1.80. The number of likely N-dealkylation sites (tertiary alicyclic amines) is 1. The molecule has 6 nitrogen and oxygen atoms in total. The van der Waals surface area contributed by atoms with Gasteiger partial charge in [0.1, 0.15) is 5.41 Å². The first kappa shape index (κ1) is 19.2. The lowest BCUT2D eigenvalue weighted by atomic mass is 9.73. The van der Waals surface area contributed by atoms with Crippen LogP contribution in [0.1, 0.15) is 33.9 Å². The van der Waals surface area contributed by atoms with E-state index in [9.17, 15) is 14.0 Å². The third kappa shape index (κ3) is 2.80. The van der Waals surface area contributed by atoms with Gasteiger partial charge < -0.3 is 15.0 Å². The van der Waals surface area contributed by atoms with Crippen molar-refractivity contribution < 1.29 is 18.7 Å². The Morgan fingerprint density at radius 2 is 2.06 bits per heavy atom. The molecule has 5 rings (SSSR count). The number of halogens is 1. The molecule has 0 saturated carbocycles. The summed E-state index contributed by atoms with van der Waals surface area (Å²) in [6, 6.07) is 14.8. The molecule has 2 amide bonds. The van der Waals surface area contributed by atoms with Gasteiger partial charge in [-0.1, -0.05) is 24.3 Å². The molecule has 3 aromatic rings. The number of benzene rings is 2. The average Bonchev–Trinajstić information content (AvgIpc) is 3.33. The molecule has 3 heterocycles. The SMILES string of the molecule is COc1cc(C(=O)N2CCC3(C(=O)Nc4ccccc43)C2c2cccnc2)ccc1F. The summed E-state index contributed by atoms with van der Waals surface area (Å²) in [5, 5.41) is 2.99. The van der Waals surface area contributed by atoms with Gasteiger partial charge in [0.25, 0.3) is 5.91 Å². The van der Waals surface area contributed by atoms with Gasteiger partial charge in [-0.15, -0.1) is 0 Å². The molecule has 1 aromatic heterocycles. The first-order chi connectivity index (χ1) is 15.1. The number of hydrogen-bond acceptors (Lipinski definition) is 4. The van der Waals surface area contributed by atoms with Crippen molar-refractivity contribution in [1.29, 1.82) is 0 Å². The molecule has 1 saturated heterocycles. The summed E-state index contributed by atoms with van der Waals surface area (Å²) in [6.07, 6.45) is 3.82. The zero-order valence-electron chi connectivity index (χ0n) is 16.8. The highest BCUT2D eigenvalue weighted by Gasteiger charge is 2.59. The molecular formula is C24H20FN3O3. The monoisotopic (exact) mass is 417 g/mol. The molecule has 0 radical (unpaired) electrons. The molecule has 156 valence electrons. The van der Waals surface area contributed by atoms with Gasteiger partial charge in [0, 0.05) is 30.2 Å². The molecule has 1 N–H and O–H groups in total. The Hall–Kier alpha value is -3.74. The first-order valence-corrected chi connectivity index (χ1v) is 10.0. The molecule has 2 aliphatic heterocycles. The van der Waals surface area contributed by atoms with E-state index < -0.39 is 17.3 Å². The van der Waals surface area contributed by atoms with Crippen molar-refractivity contribution in [2.75, 3.05) is 19.0 Å². The zero-order chi connectivity index (χ0) is 21.6. The van der Waals surface area contributed by atoms with Gasteiger partial charge in [0.2, 0.25) is 5.91 Å². The lowest BCUT2D eigenvalue weighted by molar-refractivity contribution is -0.121. The number of methoxy groups -OCH3 is 1. The van der Waals surface area contributed by atoms with E-state index in [0.717, 1.165) is 16.8 Å². The minimum atomic E-state index is -0.917. The fourth-order valence-electron chi connectivity index (χ4n) is 4.87. The van der Waals surface area contributed by atoms with Gasteiger partial charge in [-0.25, -0.2) is 4.39 Å². The number of rotatable bonds is 3. The smallest absolute Gasteiger partial charge is 0.254 e. The highest BCUT2D eigenvalue weighted by molar-refractivity contribution is 6.08. The summed E-state index contributed by atoms with van der Waals surface area (Å²) < 4.78 is 18.9. The second-order valence-electron chi connectivity index (χ2n) is 7.76. The third-order valence-electron chi connectivity index (χ3n) is 6.25. The van der Waals surface area contributed by atoms with Gasteiger partial charge >= 0.3 is 0 Å². The van der Waals surface area contributed by atoms with Crippen LogP contribution in [-0.4, -0.2) is 35.4 Å². The number of fused-ring (bicyclic) bond motifs is 2. The van der Waals surface area contributed by atoms with Crippen LogP contribution >= 0.6 is 0 Å². The number of carbonyl (C=O) groups is 2. The number of para-hydroxylation sites is 1. The topological polar surface area (TPSA) is 71.5 Å². The molecule has 2 atom stereocenters. The quantitative estimate of drug-likeness (QED) is 0.705. The van der Waals surface area contributed by atoms with Crippen LogP contribution in [0.5, 0.6) is 5.75 Å². The number of nitrogens with zero attached hydrogens (tertiary/aromatic N) is 2. The van der Waals surface area contributed by atoms with Crippen molar-refractivity contribution in [1.82, 2.24) is 9.88 Å². The highest BCUT2D eigenvalue weighted by atomic mass is 19.1. The maximum Gasteiger partial charge on any atom is 0.254 e. The average molecular weight is 417 g/mol. The molecule has 0 aliphatic carbocycles. The lowest BCUT2D eigenvalue weighted by Gasteiger charge is -2.34. The number of carbonyl (C=O) groups excluding carboxylic acids is 2. The van der Waals surface area contributed by atoms with E-state index in [4.69, 9.17) is 4.74 Å². The Labute approximate surface area is 178 Å². The van der Waals surface area contributed by atoms with E-state index in [1.807, 2.05) is 30.3 Å². The summed E-state index contributed by atoms with van der Waals surface area (Å²) in [5.74, 6) is -0.956. The fourth-order valence-corrected chi connectivity index (χ4v) is 4.87. The number of ether oxygens (including phenoxy) is 1. The Balaban J connectivity index is 1.64. The Bertz CT molecular complexity index is 1180. The van der Waals surface area contributed by atoms with Gasteiger partial charge in [-0.2, -0.15) is 0 Å². The Morgan fingerprint density at radius 3 is 2.84 bits per heavy atom. The van der Waals surface area contributed by atoms with Crippen molar-refractivity contribution in [2.45, 2.75) is 17.9 Å². The Kier molecular flexibility index (Phi) is 4.46. The lowest BCUT2D eigenvalue weighted by Crippen LogP contribution is -2.42. The van der Waals surface area contributed by atoms with Gasteiger partial charge in [-0.3, -0.25) is 14.6 Å². The molecule has 0 bridgehead atoms. The number of aromatic nitrogens is 1. The van der Waals surface area contributed by atoms with Crippen LogP contribution in [0.25, 0.3) is 0 Å². The zero-order valence-corrected chi connectivity index (χ0v) is 16.8. The third-order valence-corrected chi connectivity index (χ3v) is 6.25. The van der Waals surface area contributed by atoms with E-state index in [2.05, 4.69) is 10.3 Å². The predicted octanol–water partition coefficient (Wildman–Crippen LogP) is 3.71. The van der Waals surface area contributed by atoms with Gasteiger partial charge in [-0.05, 0) is 47.9 Å². The van der Waals surface area contributed by atoms with Crippen LogP contribution in [0.2, 0.25) is 0 Å². The number of pyridine rings is 1. The highest BCUT2D eigenvalue weighted by Crippen LogP contribution is 2.54. The first-order valence-electron chi connectivity index (χ1n) is 10.0. The van der Waals surface area contributed by atoms with E-state index >= 15 is 0 Å². The summed E-state index contributed by atoms with van der Waals surface area (Å²) >= 11 is 0. The summed E-state index contributed by atoms with van der Waals surface area (Å²) in [4.78, 5) is 32.8. The minimum absolute atomic E-state index is 0.00152. The van der Waals surface area contributed by atoms with Gasteiger partial charge in [0.15, 0.2) is 11.6 Å².